The van der Waals surface area contributed by atoms with Gasteiger partial charge in [0.15, 0.2) is 0 Å². The van der Waals surface area contributed by atoms with Crippen LogP contribution in [0.4, 0.5) is 0 Å². The SMILES string of the molecule is CC(C)(C)c1ccc(-c2ncc(-c3ccc(CN4CCC(C(=O)[O-])C4)cc3)[se]2)cc1.[Na+]. The Kier molecular flexibility index (Phi) is 8.01. The topological polar surface area (TPSA) is 56.3 Å². The van der Waals surface area contributed by atoms with E-state index in [1.54, 1.807) is 0 Å². The molecule has 0 bridgehead atoms. The third-order valence-corrected chi connectivity index (χ3v) is 8.05. The molecular formula is C25H27N2NaO2Se. The Morgan fingerprint density at radius 3 is 2.32 bits per heavy atom. The van der Waals surface area contributed by atoms with Gasteiger partial charge in [-0.05, 0) is 0 Å². The Hall–Kier alpha value is -1.20. The minimum absolute atomic E-state index is 0. The largest absolute Gasteiger partial charge is 1.00 e. The Labute approximate surface area is 212 Å². The number of rotatable bonds is 5. The standard InChI is InChI=1S/C25H28N2O2Se.Na/c1-25(2,3)21-10-8-19(9-11-21)23-26-14-22(30-23)18-6-4-17(5-7-18)15-27-13-12-20(16-27)24(28)29;/h4-11,14,20H,12-13,15-16H2,1-3H3,(H,28,29);/q;+1/p-1. The molecule has 1 atom stereocenters. The minimum Gasteiger partial charge on any atom is 1.00 e. The molecule has 0 radical (unpaired) electrons. The molecule has 156 valence electrons. The second kappa shape index (κ2) is 10.2. The summed E-state index contributed by atoms with van der Waals surface area (Å²) in [6, 6.07) is 17.4. The Morgan fingerprint density at radius 1 is 1.10 bits per heavy atom. The first-order valence-electron chi connectivity index (χ1n) is 10.4. The number of carbonyl (C=O) groups is 1. The van der Waals surface area contributed by atoms with E-state index in [-0.39, 0.29) is 55.4 Å². The van der Waals surface area contributed by atoms with Gasteiger partial charge in [-0.25, -0.2) is 0 Å². The average molecular weight is 489 g/mol. The number of benzene rings is 2. The summed E-state index contributed by atoms with van der Waals surface area (Å²) in [4.78, 5) is 17.9. The second-order valence-electron chi connectivity index (χ2n) is 9.09. The molecule has 0 spiro atoms. The van der Waals surface area contributed by atoms with E-state index in [4.69, 9.17) is 4.98 Å². The minimum atomic E-state index is -0.924. The zero-order valence-corrected chi connectivity index (χ0v) is 22.4. The van der Waals surface area contributed by atoms with Crippen molar-refractivity contribution in [1.29, 1.82) is 0 Å². The first-order chi connectivity index (χ1) is 14.3. The van der Waals surface area contributed by atoms with Crippen LogP contribution in [-0.2, 0) is 16.8 Å². The van der Waals surface area contributed by atoms with Crippen molar-refractivity contribution in [3.05, 3.63) is 65.9 Å². The summed E-state index contributed by atoms with van der Waals surface area (Å²) in [6.07, 6.45) is 2.69. The van der Waals surface area contributed by atoms with Gasteiger partial charge in [0.2, 0.25) is 0 Å². The van der Waals surface area contributed by atoms with Gasteiger partial charge in [0, 0.05) is 0 Å². The van der Waals surface area contributed by atoms with Crippen molar-refractivity contribution in [2.24, 2.45) is 5.92 Å². The molecule has 4 rings (SSSR count). The Balaban J connectivity index is 0.00000272. The smallest absolute Gasteiger partial charge is 1.00 e. The molecule has 0 amide bonds. The molecule has 4 nitrogen and oxygen atoms in total. The zero-order valence-electron chi connectivity index (χ0n) is 18.7. The summed E-state index contributed by atoms with van der Waals surface area (Å²) >= 11 is 0.196. The first kappa shape index (κ1) is 24.4. The van der Waals surface area contributed by atoms with Gasteiger partial charge in [0.1, 0.15) is 0 Å². The van der Waals surface area contributed by atoms with E-state index >= 15 is 0 Å². The number of hydrogen-bond acceptors (Lipinski definition) is 4. The van der Waals surface area contributed by atoms with Gasteiger partial charge < -0.3 is 0 Å². The van der Waals surface area contributed by atoms with Crippen LogP contribution in [0.3, 0.4) is 0 Å². The van der Waals surface area contributed by atoms with Crippen LogP contribution in [0.15, 0.2) is 54.7 Å². The van der Waals surface area contributed by atoms with Crippen molar-refractivity contribution < 1.29 is 39.5 Å². The normalized spacial score (nSPS) is 16.8. The maximum Gasteiger partial charge on any atom is 1.00 e. The van der Waals surface area contributed by atoms with Gasteiger partial charge >= 0.3 is 214 Å². The molecule has 2 heterocycles. The van der Waals surface area contributed by atoms with Gasteiger partial charge in [-0.1, -0.05) is 0 Å². The molecule has 1 saturated heterocycles. The number of likely N-dealkylation sites (tertiary alicyclic amines) is 1. The molecule has 6 heteroatoms. The van der Waals surface area contributed by atoms with Crippen molar-refractivity contribution in [1.82, 2.24) is 9.88 Å². The van der Waals surface area contributed by atoms with Crippen LogP contribution >= 0.6 is 0 Å². The molecule has 3 aromatic rings. The fourth-order valence-electron chi connectivity index (χ4n) is 3.86. The van der Waals surface area contributed by atoms with E-state index in [1.165, 1.54) is 31.3 Å². The molecule has 1 aliphatic rings. The van der Waals surface area contributed by atoms with E-state index in [2.05, 4.69) is 74.2 Å². The van der Waals surface area contributed by atoms with Crippen LogP contribution < -0.4 is 34.7 Å². The van der Waals surface area contributed by atoms with Crippen molar-refractivity contribution in [2.45, 2.75) is 39.2 Å². The Bertz CT molecular complexity index is 1020. The monoisotopic (exact) mass is 490 g/mol. The van der Waals surface area contributed by atoms with Gasteiger partial charge in [-0.2, -0.15) is 0 Å². The molecule has 0 aliphatic carbocycles. The fraction of sp³-hybridized carbons (Fsp3) is 0.360. The van der Waals surface area contributed by atoms with Crippen molar-refractivity contribution >= 4 is 20.5 Å². The van der Waals surface area contributed by atoms with Crippen molar-refractivity contribution in [2.75, 3.05) is 13.1 Å². The molecule has 0 N–H and O–H groups in total. The zero-order chi connectivity index (χ0) is 21.3. The van der Waals surface area contributed by atoms with Gasteiger partial charge in [-0.3, -0.25) is 0 Å². The predicted octanol–water partition coefficient (Wildman–Crippen LogP) is 0.346. The van der Waals surface area contributed by atoms with Gasteiger partial charge in [-0.15, -0.1) is 0 Å². The second-order valence-corrected chi connectivity index (χ2v) is 11.3. The predicted molar refractivity (Wildman–Crippen MR) is 119 cm³/mol. The third kappa shape index (κ3) is 5.98. The summed E-state index contributed by atoms with van der Waals surface area (Å²) in [5.41, 5.74) is 5.14. The van der Waals surface area contributed by atoms with Crippen molar-refractivity contribution in [3.63, 3.8) is 0 Å². The fourth-order valence-corrected chi connectivity index (χ4v) is 5.80. The number of carbonyl (C=O) groups excluding carboxylic acids is 1. The van der Waals surface area contributed by atoms with Crippen LogP contribution in [0.25, 0.3) is 20.1 Å². The molecule has 1 aliphatic heterocycles. The number of nitrogens with zero attached hydrogens (tertiary/aromatic N) is 2. The quantitative estimate of drug-likeness (QED) is 0.486. The van der Waals surface area contributed by atoms with Crippen LogP contribution in [-0.4, -0.2) is 43.4 Å². The van der Waals surface area contributed by atoms with Crippen LogP contribution in [0.5, 0.6) is 0 Å². The number of carboxylic acid groups (broad SMARTS) is 1. The average Bonchev–Trinajstić information content (AvgIpc) is 3.38. The molecule has 1 unspecified atom stereocenters. The number of aliphatic carboxylic acids is 1. The third-order valence-electron chi connectivity index (χ3n) is 5.75. The first-order valence-corrected chi connectivity index (χ1v) is 12.1. The van der Waals surface area contributed by atoms with Crippen LogP contribution in [0, 0.1) is 5.92 Å². The summed E-state index contributed by atoms with van der Waals surface area (Å²) < 4.78 is 2.47. The molecular weight excluding hydrogens is 462 g/mol. The molecule has 31 heavy (non-hydrogen) atoms. The number of carboxylic acids is 1. The summed E-state index contributed by atoms with van der Waals surface area (Å²) in [7, 11) is 0. The molecule has 1 fully saturated rings. The molecule has 1 aromatic heterocycles. The van der Waals surface area contributed by atoms with Gasteiger partial charge in [0.25, 0.3) is 0 Å². The van der Waals surface area contributed by atoms with E-state index < -0.39 is 5.97 Å². The van der Waals surface area contributed by atoms with Crippen LogP contribution in [0.1, 0.15) is 38.3 Å². The summed E-state index contributed by atoms with van der Waals surface area (Å²) in [5.74, 6) is -1.25. The summed E-state index contributed by atoms with van der Waals surface area (Å²) in [6.45, 7) is 8.88. The maximum absolute atomic E-state index is 11.0. The van der Waals surface area contributed by atoms with Crippen LogP contribution in [0.2, 0.25) is 0 Å². The maximum atomic E-state index is 11.0. The number of hydrogen-bond donors (Lipinski definition) is 0. The Morgan fingerprint density at radius 2 is 1.74 bits per heavy atom. The molecule has 0 saturated carbocycles. The van der Waals surface area contributed by atoms with E-state index in [0.717, 1.165) is 13.1 Å². The van der Waals surface area contributed by atoms with E-state index in [1.807, 2.05) is 6.20 Å². The molecule has 2 aromatic carbocycles. The number of aromatic nitrogens is 1. The van der Waals surface area contributed by atoms with Crippen molar-refractivity contribution in [3.8, 4) is 20.1 Å². The van der Waals surface area contributed by atoms with Gasteiger partial charge in [0.05, 0.1) is 0 Å². The summed E-state index contributed by atoms with van der Waals surface area (Å²) in [5, 5.41) is 11.0. The van der Waals surface area contributed by atoms with E-state index in [9.17, 15) is 9.90 Å². The van der Waals surface area contributed by atoms with E-state index in [0.29, 0.717) is 13.0 Å².